The summed E-state index contributed by atoms with van der Waals surface area (Å²) < 4.78 is 0. The van der Waals surface area contributed by atoms with Crippen LogP contribution in [0.25, 0.3) is 33.4 Å². The number of aromatic amines is 1. The number of likely N-dealkylation sites (tertiary alicyclic amines) is 1. The Morgan fingerprint density at radius 2 is 1.85 bits per heavy atom. The molecule has 40 heavy (non-hydrogen) atoms. The van der Waals surface area contributed by atoms with Crippen LogP contribution in [0.2, 0.25) is 0 Å². The van der Waals surface area contributed by atoms with Crippen LogP contribution in [-0.4, -0.2) is 44.1 Å². The minimum absolute atomic E-state index is 0.0419. The highest BCUT2D eigenvalue weighted by Gasteiger charge is 2.33. The zero-order valence-corrected chi connectivity index (χ0v) is 23.8. The molecule has 0 spiro atoms. The molecular formula is C33H38N6O. The first-order chi connectivity index (χ1) is 19.2. The average Bonchev–Trinajstić information content (AvgIpc) is 3.62. The van der Waals surface area contributed by atoms with Crippen molar-refractivity contribution in [2.24, 2.45) is 5.92 Å². The number of fused-ring (bicyclic) bond motifs is 1. The number of nitrogens with zero attached hydrogens (tertiary/aromatic N) is 3. The maximum Gasteiger partial charge on any atom is 0.217 e. The lowest BCUT2D eigenvalue weighted by Gasteiger charge is -2.34. The van der Waals surface area contributed by atoms with E-state index in [0.717, 1.165) is 76.3 Å². The molecule has 3 N–H and O–H groups in total. The second-order valence-electron chi connectivity index (χ2n) is 11.0. The van der Waals surface area contributed by atoms with Gasteiger partial charge in [-0.05, 0) is 54.5 Å². The van der Waals surface area contributed by atoms with Crippen molar-refractivity contribution < 1.29 is 4.79 Å². The summed E-state index contributed by atoms with van der Waals surface area (Å²) in [5.41, 5.74) is 8.51. The molecule has 2 aromatic carbocycles. The van der Waals surface area contributed by atoms with Crippen molar-refractivity contribution in [1.29, 1.82) is 5.41 Å². The van der Waals surface area contributed by atoms with E-state index in [-0.39, 0.29) is 23.9 Å². The highest BCUT2D eigenvalue weighted by molar-refractivity contribution is 5.98. The molecule has 0 radical (unpaired) electrons. The van der Waals surface area contributed by atoms with Crippen LogP contribution in [-0.2, 0) is 4.79 Å². The van der Waals surface area contributed by atoms with E-state index in [1.54, 1.807) is 6.92 Å². The van der Waals surface area contributed by atoms with Crippen LogP contribution < -0.4 is 5.32 Å². The Bertz CT molecular complexity index is 1530. The van der Waals surface area contributed by atoms with Crippen molar-refractivity contribution >= 4 is 22.7 Å². The Kier molecular flexibility index (Phi) is 7.83. The molecule has 7 heteroatoms. The summed E-state index contributed by atoms with van der Waals surface area (Å²) in [5.74, 6) is 1.13. The zero-order valence-electron chi connectivity index (χ0n) is 23.8. The maximum atomic E-state index is 11.8. The fraction of sp³-hybridized carbons (Fsp3) is 0.333. The Hall–Kier alpha value is -4.26. The first kappa shape index (κ1) is 27.3. The lowest BCUT2D eigenvalue weighted by molar-refractivity contribution is -0.119. The van der Waals surface area contributed by atoms with E-state index in [9.17, 15) is 4.79 Å². The number of aromatic nitrogens is 3. The maximum absolute atomic E-state index is 11.8. The quantitative estimate of drug-likeness (QED) is 0.204. The molecule has 0 saturated carbocycles. The lowest BCUT2D eigenvalue weighted by Crippen LogP contribution is -2.43. The standard InChI is InChI=1S/C33H38N6O/c1-6-27(34)24-11-9-23(10-12-24)26-14-15-28(35-19-26)25-13-16-29-30(18-25)38-33(37-29)31-8-7-17-39(31)21(4)32(20(2)3)36-22(5)40/h9-16,18-20,31-32,34H,4,6-8,17H2,1-3,5H3,(H,36,40)(H,37,38). The number of H-pyrrole nitrogens is 1. The molecule has 2 aromatic heterocycles. The minimum atomic E-state index is -0.106. The summed E-state index contributed by atoms with van der Waals surface area (Å²) in [6, 6.07) is 18.5. The molecule has 0 bridgehead atoms. The molecule has 1 saturated heterocycles. The molecule has 2 unspecified atom stereocenters. The number of carbonyl (C=O) groups excluding carboxylic acids is 1. The summed E-state index contributed by atoms with van der Waals surface area (Å²) in [4.78, 5) is 27.4. The number of amides is 1. The molecule has 2 atom stereocenters. The van der Waals surface area contributed by atoms with Gasteiger partial charge in [-0.3, -0.25) is 9.78 Å². The molecule has 3 heterocycles. The smallest absolute Gasteiger partial charge is 0.217 e. The molecule has 4 aromatic rings. The van der Waals surface area contributed by atoms with Crippen LogP contribution >= 0.6 is 0 Å². The van der Waals surface area contributed by atoms with E-state index < -0.39 is 0 Å². The Morgan fingerprint density at radius 3 is 2.50 bits per heavy atom. The van der Waals surface area contributed by atoms with Crippen molar-refractivity contribution in [2.75, 3.05) is 6.54 Å². The van der Waals surface area contributed by atoms with E-state index in [4.69, 9.17) is 15.4 Å². The average molecular weight is 535 g/mol. The number of pyridine rings is 1. The molecule has 1 aliphatic heterocycles. The van der Waals surface area contributed by atoms with Crippen molar-refractivity contribution in [3.05, 3.63) is 84.5 Å². The number of nitrogens with one attached hydrogen (secondary N) is 3. The zero-order chi connectivity index (χ0) is 28.4. The Labute approximate surface area is 236 Å². The summed E-state index contributed by atoms with van der Waals surface area (Å²) in [6.07, 6.45) is 4.67. The third kappa shape index (κ3) is 5.55. The number of rotatable bonds is 9. The Balaban J connectivity index is 1.36. The summed E-state index contributed by atoms with van der Waals surface area (Å²) in [5, 5.41) is 11.1. The van der Waals surface area contributed by atoms with Crippen LogP contribution in [0.3, 0.4) is 0 Å². The van der Waals surface area contributed by atoms with E-state index in [1.807, 2.05) is 37.4 Å². The molecule has 5 rings (SSSR count). The fourth-order valence-corrected chi connectivity index (χ4v) is 5.58. The highest BCUT2D eigenvalue weighted by Crippen LogP contribution is 2.36. The number of imidazole rings is 1. The highest BCUT2D eigenvalue weighted by atomic mass is 16.1. The largest absolute Gasteiger partial charge is 0.363 e. The molecule has 0 aliphatic carbocycles. The lowest BCUT2D eigenvalue weighted by atomic mass is 10.00. The van der Waals surface area contributed by atoms with Crippen LogP contribution in [0.4, 0.5) is 0 Å². The molecule has 206 valence electrons. The number of hydrogen-bond donors (Lipinski definition) is 3. The predicted octanol–water partition coefficient (Wildman–Crippen LogP) is 6.88. The van der Waals surface area contributed by atoms with E-state index >= 15 is 0 Å². The SMILES string of the molecule is C=C(C(NC(C)=O)C(C)C)N1CCCC1c1nc2ccc(-c3ccc(-c4ccc(C(=N)CC)cc4)cn3)cc2[nH]1. The van der Waals surface area contributed by atoms with Gasteiger partial charge in [0.05, 0.1) is 28.8 Å². The number of hydrogen-bond acceptors (Lipinski definition) is 5. The number of benzene rings is 2. The second-order valence-corrected chi connectivity index (χ2v) is 11.0. The van der Waals surface area contributed by atoms with Gasteiger partial charge in [0, 0.05) is 42.2 Å². The van der Waals surface area contributed by atoms with Gasteiger partial charge >= 0.3 is 0 Å². The third-order valence-corrected chi connectivity index (χ3v) is 7.80. The second kappa shape index (κ2) is 11.5. The van der Waals surface area contributed by atoms with Gasteiger partial charge in [-0.1, -0.05) is 63.7 Å². The van der Waals surface area contributed by atoms with Crippen molar-refractivity contribution in [1.82, 2.24) is 25.2 Å². The first-order valence-corrected chi connectivity index (χ1v) is 14.1. The summed E-state index contributed by atoms with van der Waals surface area (Å²) in [6.45, 7) is 13.1. The van der Waals surface area contributed by atoms with Gasteiger partial charge < -0.3 is 20.6 Å². The van der Waals surface area contributed by atoms with E-state index in [0.29, 0.717) is 5.71 Å². The molecule has 1 fully saturated rings. The molecule has 1 aliphatic rings. The summed E-state index contributed by atoms with van der Waals surface area (Å²) in [7, 11) is 0. The first-order valence-electron chi connectivity index (χ1n) is 14.1. The van der Waals surface area contributed by atoms with Gasteiger partial charge in [-0.25, -0.2) is 4.98 Å². The van der Waals surface area contributed by atoms with Gasteiger partial charge in [0.15, 0.2) is 0 Å². The van der Waals surface area contributed by atoms with Crippen LogP contribution in [0.15, 0.2) is 73.1 Å². The van der Waals surface area contributed by atoms with Gasteiger partial charge in [-0.2, -0.15) is 0 Å². The normalized spacial score (nSPS) is 15.9. The minimum Gasteiger partial charge on any atom is -0.363 e. The van der Waals surface area contributed by atoms with Gasteiger partial charge in [-0.15, -0.1) is 0 Å². The summed E-state index contributed by atoms with van der Waals surface area (Å²) >= 11 is 0. The third-order valence-electron chi connectivity index (χ3n) is 7.80. The van der Waals surface area contributed by atoms with Gasteiger partial charge in [0.2, 0.25) is 5.91 Å². The van der Waals surface area contributed by atoms with E-state index in [1.165, 1.54) is 0 Å². The van der Waals surface area contributed by atoms with Crippen LogP contribution in [0, 0.1) is 11.3 Å². The van der Waals surface area contributed by atoms with Crippen molar-refractivity contribution in [3.63, 3.8) is 0 Å². The fourth-order valence-electron chi connectivity index (χ4n) is 5.58. The monoisotopic (exact) mass is 534 g/mol. The molecule has 7 nitrogen and oxygen atoms in total. The Morgan fingerprint density at radius 1 is 1.12 bits per heavy atom. The van der Waals surface area contributed by atoms with Crippen LogP contribution in [0.5, 0.6) is 0 Å². The van der Waals surface area contributed by atoms with Gasteiger partial charge in [0.1, 0.15) is 5.82 Å². The predicted molar refractivity (Wildman–Crippen MR) is 162 cm³/mol. The van der Waals surface area contributed by atoms with E-state index in [2.05, 4.69) is 66.0 Å². The molecule has 1 amide bonds. The van der Waals surface area contributed by atoms with Crippen molar-refractivity contribution in [2.45, 2.75) is 59.0 Å². The van der Waals surface area contributed by atoms with Gasteiger partial charge in [0.25, 0.3) is 0 Å². The van der Waals surface area contributed by atoms with Crippen molar-refractivity contribution in [3.8, 4) is 22.4 Å². The topological polar surface area (TPSA) is 97.8 Å². The van der Waals surface area contributed by atoms with Crippen LogP contribution in [0.1, 0.15) is 64.4 Å². The number of carbonyl (C=O) groups is 1. The molecular weight excluding hydrogens is 496 g/mol.